The highest BCUT2D eigenvalue weighted by Gasteiger charge is 2.30. The second-order valence-corrected chi connectivity index (χ2v) is 9.22. The number of hydrogen-bond donors (Lipinski definition) is 1. The number of ether oxygens (including phenoxy) is 1. The van der Waals surface area contributed by atoms with Gasteiger partial charge in [0.1, 0.15) is 5.75 Å². The minimum atomic E-state index is 0.322. The maximum Gasteiger partial charge on any atom is 0.222 e. The molecule has 2 aromatic rings. The Bertz CT molecular complexity index is 863. The number of nitrogens with one attached hydrogen (secondary N) is 1. The molecule has 0 saturated carbocycles. The Morgan fingerprint density at radius 3 is 2.84 bits per heavy atom. The summed E-state index contributed by atoms with van der Waals surface area (Å²) < 4.78 is 5.77. The summed E-state index contributed by atoms with van der Waals surface area (Å²) in [6.45, 7) is 7.79. The van der Waals surface area contributed by atoms with Gasteiger partial charge in [-0.2, -0.15) is 5.10 Å². The molecule has 0 bridgehead atoms. The van der Waals surface area contributed by atoms with Crippen molar-refractivity contribution in [2.75, 3.05) is 39.3 Å². The molecule has 0 unspecified atom stereocenters. The van der Waals surface area contributed by atoms with E-state index < -0.39 is 0 Å². The molecule has 6 nitrogen and oxygen atoms in total. The summed E-state index contributed by atoms with van der Waals surface area (Å²) in [6.07, 6.45) is 4.75. The number of aromatic amines is 1. The fourth-order valence-corrected chi connectivity index (χ4v) is 4.84. The van der Waals surface area contributed by atoms with Gasteiger partial charge in [-0.1, -0.05) is 24.6 Å². The van der Waals surface area contributed by atoms with Crippen molar-refractivity contribution in [3.8, 4) is 5.75 Å². The quantitative estimate of drug-likeness (QED) is 0.665. The number of likely N-dealkylation sites (tertiary alicyclic amines) is 2. The Labute approximate surface area is 189 Å². The van der Waals surface area contributed by atoms with E-state index in [0.29, 0.717) is 35.8 Å². The molecule has 3 heterocycles. The number of carbonyl (C=O) groups excluding carboxylic acids is 1. The number of benzene rings is 1. The van der Waals surface area contributed by atoms with Gasteiger partial charge in [-0.3, -0.25) is 9.89 Å². The highest BCUT2D eigenvalue weighted by molar-refractivity contribution is 6.30. The number of carbonyl (C=O) groups is 1. The van der Waals surface area contributed by atoms with Crippen LogP contribution in [-0.4, -0.2) is 65.2 Å². The van der Waals surface area contributed by atoms with E-state index in [1.165, 1.54) is 0 Å². The zero-order chi connectivity index (χ0) is 21.6. The number of aromatic nitrogens is 2. The number of amides is 1. The first-order chi connectivity index (χ1) is 15.1. The zero-order valence-electron chi connectivity index (χ0n) is 18.4. The van der Waals surface area contributed by atoms with Gasteiger partial charge in [0, 0.05) is 42.6 Å². The van der Waals surface area contributed by atoms with Crippen LogP contribution in [0.2, 0.25) is 5.02 Å². The van der Waals surface area contributed by atoms with Crippen molar-refractivity contribution < 1.29 is 9.53 Å². The first-order valence-electron chi connectivity index (χ1n) is 11.5. The zero-order valence-corrected chi connectivity index (χ0v) is 19.1. The molecule has 2 aliphatic rings. The van der Waals surface area contributed by atoms with Crippen LogP contribution in [0.3, 0.4) is 0 Å². The molecule has 1 atom stereocenters. The van der Waals surface area contributed by atoms with Gasteiger partial charge in [0.2, 0.25) is 5.91 Å². The van der Waals surface area contributed by atoms with Crippen molar-refractivity contribution in [1.82, 2.24) is 20.0 Å². The number of H-pyrrole nitrogens is 1. The Balaban J connectivity index is 1.21. The van der Waals surface area contributed by atoms with Crippen LogP contribution in [0.15, 0.2) is 30.3 Å². The lowest BCUT2D eigenvalue weighted by Crippen LogP contribution is -2.36. The number of nitrogens with zero attached hydrogens (tertiary/aromatic N) is 3. The predicted octanol–water partition coefficient (Wildman–Crippen LogP) is 4.12. The highest BCUT2D eigenvalue weighted by Crippen LogP contribution is 2.29. The van der Waals surface area contributed by atoms with Crippen molar-refractivity contribution in [2.24, 2.45) is 5.92 Å². The summed E-state index contributed by atoms with van der Waals surface area (Å²) in [5.41, 5.74) is 2.12. The minimum Gasteiger partial charge on any atom is -0.493 e. The van der Waals surface area contributed by atoms with Crippen molar-refractivity contribution in [3.63, 3.8) is 0 Å². The molecular formula is C24H33ClN4O2. The lowest BCUT2D eigenvalue weighted by atomic mass is 9.93. The second-order valence-electron chi connectivity index (χ2n) is 8.78. The molecule has 168 valence electrons. The molecule has 2 fully saturated rings. The Kier molecular flexibility index (Phi) is 7.51. The van der Waals surface area contributed by atoms with Gasteiger partial charge < -0.3 is 14.5 Å². The highest BCUT2D eigenvalue weighted by atomic mass is 35.5. The number of hydrogen-bond acceptors (Lipinski definition) is 4. The average Bonchev–Trinajstić information content (AvgIpc) is 3.44. The van der Waals surface area contributed by atoms with Gasteiger partial charge in [0.05, 0.1) is 12.3 Å². The lowest BCUT2D eigenvalue weighted by molar-refractivity contribution is -0.131. The molecule has 4 rings (SSSR count). The normalized spacial score (nSPS) is 20.3. The van der Waals surface area contributed by atoms with Crippen LogP contribution < -0.4 is 4.74 Å². The number of piperidine rings is 1. The Morgan fingerprint density at radius 2 is 2.06 bits per heavy atom. The maximum absolute atomic E-state index is 12.8. The van der Waals surface area contributed by atoms with Gasteiger partial charge >= 0.3 is 0 Å². The van der Waals surface area contributed by atoms with E-state index in [-0.39, 0.29) is 0 Å². The average molecular weight is 445 g/mol. The van der Waals surface area contributed by atoms with Crippen LogP contribution in [0.1, 0.15) is 49.9 Å². The van der Waals surface area contributed by atoms with Crippen LogP contribution in [0.5, 0.6) is 5.75 Å². The summed E-state index contributed by atoms with van der Waals surface area (Å²) in [7, 11) is 0. The van der Waals surface area contributed by atoms with Gasteiger partial charge in [-0.15, -0.1) is 0 Å². The van der Waals surface area contributed by atoms with E-state index >= 15 is 0 Å². The third-order valence-electron chi connectivity index (χ3n) is 6.66. The van der Waals surface area contributed by atoms with E-state index in [4.69, 9.17) is 16.3 Å². The standard InChI is InChI=1S/C24H33ClN4O2/c1-2-28-10-6-18(7-11-28)14-24(30)29-12-8-19(17-29)23-16-21(26-27-23)9-13-31-22-5-3-4-20(25)15-22/h3-5,15-16,18-19H,2,6-14,17H2,1H3,(H,26,27)/t19-/m1/s1. The summed E-state index contributed by atoms with van der Waals surface area (Å²) in [4.78, 5) is 17.3. The van der Waals surface area contributed by atoms with E-state index in [1.807, 2.05) is 29.2 Å². The fourth-order valence-electron chi connectivity index (χ4n) is 4.66. The molecular weight excluding hydrogens is 412 g/mol. The van der Waals surface area contributed by atoms with Gasteiger partial charge in [-0.25, -0.2) is 0 Å². The molecule has 7 heteroatoms. The Hall–Kier alpha value is -2.05. The summed E-state index contributed by atoms with van der Waals surface area (Å²) >= 11 is 5.99. The molecule has 1 amide bonds. The topological polar surface area (TPSA) is 61.5 Å². The van der Waals surface area contributed by atoms with Crippen LogP contribution in [0, 0.1) is 5.92 Å². The monoisotopic (exact) mass is 444 g/mol. The summed E-state index contributed by atoms with van der Waals surface area (Å²) in [5.74, 6) is 1.97. The third-order valence-corrected chi connectivity index (χ3v) is 6.90. The fraction of sp³-hybridized carbons (Fsp3) is 0.583. The lowest BCUT2D eigenvalue weighted by Gasteiger charge is -2.31. The van der Waals surface area contributed by atoms with E-state index in [1.54, 1.807) is 0 Å². The smallest absolute Gasteiger partial charge is 0.222 e. The molecule has 2 aliphatic heterocycles. The van der Waals surface area contributed by atoms with Crippen LogP contribution in [0.25, 0.3) is 0 Å². The van der Waals surface area contributed by atoms with E-state index in [0.717, 1.165) is 75.5 Å². The number of halogens is 1. The second kappa shape index (κ2) is 10.5. The van der Waals surface area contributed by atoms with E-state index in [9.17, 15) is 4.79 Å². The van der Waals surface area contributed by atoms with Crippen LogP contribution in [0.4, 0.5) is 0 Å². The van der Waals surface area contributed by atoms with E-state index in [2.05, 4.69) is 28.1 Å². The molecule has 31 heavy (non-hydrogen) atoms. The van der Waals surface area contributed by atoms with Crippen molar-refractivity contribution >= 4 is 17.5 Å². The molecule has 0 aliphatic carbocycles. The maximum atomic E-state index is 12.8. The van der Waals surface area contributed by atoms with Crippen molar-refractivity contribution in [2.45, 2.75) is 44.9 Å². The summed E-state index contributed by atoms with van der Waals surface area (Å²) in [6, 6.07) is 9.56. The molecule has 1 aromatic carbocycles. The van der Waals surface area contributed by atoms with Gasteiger partial charge in [0.25, 0.3) is 0 Å². The molecule has 0 radical (unpaired) electrons. The minimum absolute atomic E-state index is 0.322. The van der Waals surface area contributed by atoms with Crippen LogP contribution in [-0.2, 0) is 11.2 Å². The van der Waals surface area contributed by atoms with Gasteiger partial charge in [-0.05, 0) is 69.1 Å². The van der Waals surface area contributed by atoms with Crippen molar-refractivity contribution in [1.29, 1.82) is 0 Å². The first kappa shape index (κ1) is 22.2. The SMILES string of the molecule is CCN1CCC(CC(=O)N2CC[C@@H](c3cc(CCOc4cccc(Cl)c4)[nH]n3)C2)CC1. The van der Waals surface area contributed by atoms with Crippen LogP contribution >= 0.6 is 11.6 Å². The van der Waals surface area contributed by atoms with Crippen molar-refractivity contribution in [3.05, 3.63) is 46.7 Å². The largest absolute Gasteiger partial charge is 0.493 e. The predicted molar refractivity (Wildman–Crippen MR) is 123 cm³/mol. The molecule has 1 N–H and O–H groups in total. The third kappa shape index (κ3) is 6.01. The molecule has 1 aromatic heterocycles. The Morgan fingerprint density at radius 1 is 1.23 bits per heavy atom. The van der Waals surface area contributed by atoms with Gasteiger partial charge in [0.15, 0.2) is 0 Å². The molecule has 0 spiro atoms. The first-order valence-corrected chi connectivity index (χ1v) is 11.9. The number of rotatable bonds is 8. The summed E-state index contributed by atoms with van der Waals surface area (Å²) in [5, 5.41) is 8.33. The molecule has 2 saturated heterocycles.